The Balaban J connectivity index is -0.0000000631. The first-order valence-corrected chi connectivity index (χ1v) is 3.13. The summed E-state index contributed by atoms with van der Waals surface area (Å²) in [6.45, 7) is 6.50. The van der Waals surface area contributed by atoms with Gasteiger partial charge < -0.3 is 70.3 Å². The quantitative estimate of drug-likeness (QED) is 0.407. The van der Waals surface area contributed by atoms with Gasteiger partial charge in [0.15, 0.2) is 0 Å². The van der Waals surface area contributed by atoms with Crippen LogP contribution < -0.4 is 0 Å². The van der Waals surface area contributed by atoms with Crippen molar-refractivity contribution in [1.82, 2.24) is 0 Å². The van der Waals surface area contributed by atoms with Crippen molar-refractivity contribution in [3.05, 3.63) is 60.7 Å². The Hall–Kier alpha value is -0.973. The minimum absolute atomic E-state index is 0. The van der Waals surface area contributed by atoms with Gasteiger partial charge in [0.1, 0.15) is 0 Å². The Bertz CT molecular complexity index is 179. The molecule has 0 atom stereocenters. The Kier molecular flexibility index (Phi) is 44.4. The molecule has 4 heteroatoms. The second-order valence-corrected chi connectivity index (χ2v) is 1.37. The molecule has 0 aliphatic rings. The van der Waals surface area contributed by atoms with E-state index in [1.165, 1.54) is 0 Å². The fourth-order valence-electron chi connectivity index (χ4n) is 0.361. The minimum Gasteiger partial charge on any atom is -0.999 e. The van der Waals surface area contributed by atoms with Crippen molar-refractivity contribution in [2.75, 3.05) is 0 Å². The minimum atomic E-state index is 0. The van der Waals surface area contributed by atoms with E-state index in [0.717, 1.165) is 0 Å². The van der Waals surface area contributed by atoms with Crippen LogP contribution in [0.25, 0.3) is 0 Å². The summed E-state index contributed by atoms with van der Waals surface area (Å²) in [7, 11) is 0. The molecule has 2 nitrogen and oxygen atoms in total. The summed E-state index contributed by atoms with van der Waals surface area (Å²) in [4.78, 5) is 15.5. The zero-order valence-electron chi connectivity index (χ0n) is 7.76. The summed E-state index contributed by atoms with van der Waals surface area (Å²) >= 11 is 0. The molecule has 0 aliphatic heterocycles. The van der Waals surface area contributed by atoms with Gasteiger partial charge in [0, 0.05) is 33.0 Å². The normalized spacial score (nSPS) is 5.50. The molecule has 0 amide bonds. The van der Waals surface area contributed by atoms with E-state index in [9.17, 15) is 0 Å². The molecule has 0 aliphatic carbocycles. The molecule has 0 spiro atoms. The third kappa shape index (κ3) is 23.1. The fourth-order valence-corrected chi connectivity index (χ4v) is 0.361. The third-order valence-electron chi connectivity index (χ3n) is 0.702. The maximum absolute atomic E-state index is 7.75. The molecule has 0 N–H and O–H groups in total. The average molecular weight is 298 g/mol. The van der Waals surface area contributed by atoms with Crippen LogP contribution in [-0.4, -0.2) is 13.6 Å². The van der Waals surface area contributed by atoms with Crippen LogP contribution in [0.2, 0.25) is 0 Å². The number of hydrogen-bond acceptors (Lipinski definition) is 2. The van der Waals surface area contributed by atoms with Crippen LogP contribution in [0.1, 0.15) is 0 Å². The largest absolute Gasteiger partial charge is 0.999 e. The van der Waals surface area contributed by atoms with Crippen LogP contribution in [0, 0.1) is 48.5 Å². The summed E-state index contributed by atoms with van der Waals surface area (Å²) in [5, 5.41) is 0. The van der Waals surface area contributed by atoms with Gasteiger partial charge in [-0.25, -0.2) is 0 Å². The van der Waals surface area contributed by atoms with Gasteiger partial charge in [-0.1, -0.05) is 0 Å². The number of hydrogen-bond donors (Lipinski definition) is 0. The zero-order valence-corrected chi connectivity index (χ0v) is 9.73. The summed E-state index contributed by atoms with van der Waals surface area (Å²) in [5.74, 6) is 0. The third-order valence-corrected chi connectivity index (χ3v) is 0.702. The van der Waals surface area contributed by atoms with Crippen LogP contribution in [0.15, 0.2) is 12.1 Å². The Morgan fingerprint density at radius 2 is 0.750 bits per heavy atom. The van der Waals surface area contributed by atoms with E-state index in [1.54, 1.807) is 12.1 Å². The molecule has 0 saturated carbocycles. The molecule has 0 fully saturated rings. The molecule has 0 unspecified atom stereocenters. The van der Waals surface area contributed by atoms with E-state index in [2.05, 4.69) is 62.1 Å². The summed E-state index contributed by atoms with van der Waals surface area (Å²) < 4.78 is 0. The topological polar surface area (TPSA) is 34.1 Å². The van der Waals surface area contributed by atoms with Crippen LogP contribution in [0.3, 0.4) is 0 Å². The van der Waals surface area contributed by atoms with Gasteiger partial charge in [0.2, 0.25) is 0 Å². The maximum atomic E-state index is 7.75. The molecule has 0 aromatic heterocycles. The molecular weight excluding hydrogens is 294 g/mol. The summed E-state index contributed by atoms with van der Waals surface area (Å²) in [5.41, 5.74) is 0. The predicted molar refractivity (Wildman–Crippen MR) is 48.3 cm³/mol. The number of carbonyl (C=O) groups excluding carboxylic acids is 2. The smallest absolute Gasteiger partial charge is 0 e. The Morgan fingerprint density at radius 1 is 0.562 bits per heavy atom. The van der Waals surface area contributed by atoms with Gasteiger partial charge in [0.05, 0.1) is 0 Å². The van der Waals surface area contributed by atoms with Gasteiger partial charge in [0.25, 0.3) is 0 Å². The van der Waals surface area contributed by atoms with Crippen LogP contribution in [0.5, 0.6) is 0 Å². The van der Waals surface area contributed by atoms with Crippen LogP contribution in [-0.2, 0) is 42.6 Å². The second-order valence-electron chi connectivity index (χ2n) is 1.37. The van der Waals surface area contributed by atoms with E-state index in [-0.39, 0.29) is 33.0 Å². The van der Waals surface area contributed by atoms with Crippen molar-refractivity contribution >= 4 is 13.6 Å². The predicted octanol–water partition coefficient (Wildman–Crippen LogP) is 0.659. The maximum Gasteiger partial charge on any atom is 0 e. The van der Waals surface area contributed by atoms with Gasteiger partial charge in [-0.3, -0.25) is 13.6 Å². The van der Waals surface area contributed by atoms with Crippen molar-refractivity contribution in [2.24, 2.45) is 0 Å². The van der Waals surface area contributed by atoms with E-state index in [4.69, 9.17) is 9.59 Å². The molecular formula is C12H4Ni2O2-12. The molecule has 16 heavy (non-hydrogen) atoms. The van der Waals surface area contributed by atoms with Crippen LogP contribution in [0.4, 0.5) is 0 Å². The van der Waals surface area contributed by atoms with E-state index >= 15 is 0 Å². The first-order chi connectivity index (χ1) is 7.00. The molecule has 2 aromatic carbocycles. The summed E-state index contributed by atoms with van der Waals surface area (Å²) in [6, 6.07) is 24.0. The standard InChI is InChI=1S/2C5H.2CHO.2Ni/c2*1-2-4-5-3-1;2*1-2;;/h2*1H;2*1H;;/q2*-5;2*-1;;. The molecule has 0 saturated heterocycles. The monoisotopic (exact) mass is 296 g/mol. The zero-order chi connectivity index (χ0) is 11.1. The van der Waals surface area contributed by atoms with Crippen molar-refractivity contribution in [3.63, 3.8) is 0 Å². The van der Waals surface area contributed by atoms with Gasteiger partial charge in [-0.2, -0.15) is 0 Å². The molecule has 0 radical (unpaired) electrons. The Labute approximate surface area is 117 Å². The van der Waals surface area contributed by atoms with Gasteiger partial charge in [-0.15, -0.1) is 0 Å². The average Bonchev–Trinajstić information content (AvgIpc) is 3.01. The second kappa shape index (κ2) is 29.2. The summed E-state index contributed by atoms with van der Waals surface area (Å²) in [6.07, 6.45) is 0. The fraction of sp³-hybridized carbons (Fsp3) is 0. The molecule has 2 rings (SSSR count). The first kappa shape index (κ1) is 24.3. The first-order valence-electron chi connectivity index (χ1n) is 3.13. The van der Waals surface area contributed by atoms with E-state index in [0.29, 0.717) is 0 Å². The van der Waals surface area contributed by atoms with E-state index < -0.39 is 0 Å². The molecule has 0 heterocycles. The molecule has 0 bridgehead atoms. The molecule has 96 valence electrons. The van der Waals surface area contributed by atoms with E-state index in [1.807, 2.05) is 0 Å². The van der Waals surface area contributed by atoms with Gasteiger partial charge in [-0.05, 0) is 0 Å². The van der Waals surface area contributed by atoms with Crippen molar-refractivity contribution in [1.29, 1.82) is 0 Å². The van der Waals surface area contributed by atoms with Crippen molar-refractivity contribution in [3.8, 4) is 0 Å². The SMILES string of the molecule is [CH-]=O.[CH-]=O.[Ni].[Ni].[c-]1[c-][c-][cH-][c-]1.[c-]1[c-][c-][cH-][c-]1. The molecule has 2 aromatic rings. The van der Waals surface area contributed by atoms with Crippen molar-refractivity contribution in [2.45, 2.75) is 0 Å². The van der Waals surface area contributed by atoms with Crippen LogP contribution >= 0.6 is 0 Å². The van der Waals surface area contributed by atoms with Gasteiger partial charge >= 0.3 is 0 Å². The van der Waals surface area contributed by atoms with Crippen molar-refractivity contribution < 1.29 is 42.6 Å². The number of rotatable bonds is 0. The Morgan fingerprint density at radius 3 is 0.812 bits per heavy atom.